The van der Waals surface area contributed by atoms with Crippen LogP contribution in [0.5, 0.6) is 0 Å². The van der Waals surface area contributed by atoms with Crippen LogP contribution in [-0.2, 0) is 14.8 Å². The Morgan fingerprint density at radius 2 is 1.84 bits per heavy atom. The molecule has 8 heteroatoms. The lowest BCUT2D eigenvalue weighted by Crippen LogP contribution is -2.23. The second-order valence-corrected chi connectivity index (χ2v) is 9.91. The summed E-state index contributed by atoms with van der Waals surface area (Å²) in [4.78, 5) is 20.6. The van der Waals surface area contributed by atoms with E-state index >= 15 is 0 Å². The Labute approximate surface area is 181 Å². The zero-order valence-electron chi connectivity index (χ0n) is 17.4. The number of benzene rings is 1. The van der Waals surface area contributed by atoms with Gasteiger partial charge in [-0.1, -0.05) is 6.08 Å². The van der Waals surface area contributed by atoms with E-state index in [1.807, 2.05) is 0 Å². The highest BCUT2D eigenvalue weighted by molar-refractivity contribution is 7.90. The smallest absolute Gasteiger partial charge is 0.268 e. The average Bonchev–Trinajstić information content (AvgIpc) is 3.39. The van der Waals surface area contributed by atoms with Gasteiger partial charge in [0.25, 0.3) is 10.0 Å². The van der Waals surface area contributed by atoms with E-state index in [1.165, 1.54) is 3.97 Å². The first kappa shape index (κ1) is 20.0. The van der Waals surface area contributed by atoms with Crippen LogP contribution in [-0.4, -0.2) is 54.9 Å². The van der Waals surface area contributed by atoms with Gasteiger partial charge in [-0.3, -0.25) is 9.78 Å². The summed E-state index contributed by atoms with van der Waals surface area (Å²) in [6, 6.07) is 10.1. The molecule has 0 spiro atoms. The predicted octanol–water partition coefficient (Wildman–Crippen LogP) is 3.12. The van der Waals surface area contributed by atoms with Gasteiger partial charge in [-0.05, 0) is 61.9 Å². The summed E-state index contributed by atoms with van der Waals surface area (Å²) >= 11 is 0. The Balaban J connectivity index is 1.56. The normalized spacial score (nSPS) is 18.0. The SMILES string of the molecule is CN1CC=C(c2cn(S(=O)(=O)c3ccc(N4CCCC4=O)cc3)c3cccnc23)CC1. The number of hydrogen-bond acceptors (Lipinski definition) is 5. The standard InChI is InChI=1S/C23H24N4O3S/c1-25-14-10-17(11-15-25)20-16-27(21-4-2-12-24-23(20)21)31(29,30)19-8-6-18(7-9-19)26-13-3-5-22(26)28/h2,4,6-10,12,16H,3,5,11,13-15H2,1H3. The van der Waals surface area contributed by atoms with Gasteiger partial charge in [0.1, 0.15) is 0 Å². The largest absolute Gasteiger partial charge is 0.312 e. The number of pyridine rings is 1. The van der Waals surface area contributed by atoms with E-state index in [0.717, 1.165) is 42.8 Å². The van der Waals surface area contributed by atoms with Crippen LogP contribution in [0.15, 0.2) is 59.8 Å². The Kier molecular flexibility index (Phi) is 4.91. The molecule has 0 aliphatic carbocycles. The lowest BCUT2D eigenvalue weighted by atomic mass is 10.0. The van der Waals surface area contributed by atoms with E-state index in [-0.39, 0.29) is 10.8 Å². The van der Waals surface area contributed by atoms with Crippen molar-refractivity contribution in [2.75, 3.05) is 31.6 Å². The lowest BCUT2D eigenvalue weighted by Gasteiger charge is -2.21. The maximum atomic E-state index is 13.5. The van der Waals surface area contributed by atoms with Crippen LogP contribution in [0.4, 0.5) is 5.69 Å². The van der Waals surface area contributed by atoms with E-state index in [1.54, 1.807) is 53.7 Å². The summed E-state index contributed by atoms with van der Waals surface area (Å²) in [7, 11) is -1.74. The summed E-state index contributed by atoms with van der Waals surface area (Å²) in [5.41, 5.74) is 3.99. The highest BCUT2D eigenvalue weighted by atomic mass is 32.2. The molecule has 31 heavy (non-hydrogen) atoms. The minimum absolute atomic E-state index is 0.0779. The van der Waals surface area contributed by atoms with Crippen LogP contribution >= 0.6 is 0 Å². The van der Waals surface area contributed by atoms with E-state index in [9.17, 15) is 13.2 Å². The third-order valence-corrected chi connectivity index (χ3v) is 7.75. The molecule has 160 valence electrons. The first-order valence-electron chi connectivity index (χ1n) is 10.5. The van der Waals surface area contributed by atoms with Crippen molar-refractivity contribution in [2.45, 2.75) is 24.2 Å². The molecular weight excluding hydrogens is 412 g/mol. The fourth-order valence-electron chi connectivity index (χ4n) is 4.31. The number of anilines is 1. The molecule has 2 aromatic heterocycles. The zero-order chi connectivity index (χ0) is 21.6. The molecule has 0 saturated carbocycles. The number of amides is 1. The lowest BCUT2D eigenvalue weighted by molar-refractivity contribution is -0.117. The highest BCUT2D eigenvalue weighted by Gasteiger charge is 2.25. The third kappa shape index (κ3) is 3.45. The van der Waals surface area contributed by atoms with Crippen molar-refractivity contribution in [3.63, 3.8) is 0 Å². The summed E-state index contributed by atoms with van der Waals surface area (Å²) in [6.45, 7) is 2.43. The second kappa shape index (κ2) is 7.62. The number of aromatic nitrogens is 2. The van der Waals surface area contributed by atoms with Crippen LogP contribution in [0, 0.1) is 0 Å². The van der Waals surface area contributed by atoms with Crippen LogP contribution in [0.25, 0.3) is 16.6 Å². The number of likely N-dealkylation sites (N-methyl/N-ethyl adjacent to an activating group) is 1. The number of nitrogens with zero attached hydrogens (tertiary/aromatic N) is 4. The van der Waals surface area contributed by atoms with Crippen LogP contribution < -0.4 is 4.90 Å². The monoisotopic (exact) mass is 436 g/mol. The van der Waals surface area contributed by atoms with E-state index in [4.69, 9.17) is 0 Å². The van der Waals surface area contributed by atoms with Crippen molar-refractivity contribution in [3.8, 4) is 0 Å². The van der Waals surface area contributed by atoms with Gasteiger partial charge in [-0.15, -0.1) is 0 Å². The Bertz CT molecular complexity index is 1290. The van der Waals surface area contributed by atoms with Crippen LogP contribution in [0.2, 0.25) is 0 Å². The maximum absolute atomic E-state index is 13.5. The topological polar surface area (TPSA) is 75.5 Å². The number of carbonyl (C=O) groups excluding carboxylic acids is 1. The minimum atomic E-state index is -3.81. The Hall–Kier alpha value is -2.97. The molecule has 1 fully saturated rings. The molecular formula is C23H24N4O3S. The molecule has 2 aliphatic heterocycles. The van der Waals surface area contributed by atoms with Crippen LogP contribution in [0.1, 0.15) is 24.8 Å². The fourth-order valence-corrected chi connectivity index (χ4v) is 5.67. The predicted molar refractivity (Wildman–Crippen MR) is 120 cm³/mol. The quantitative estimate of drug-likeness (QED) is 0.628. The van der Waals surface area contributed by atoms with E-state index < -0.39 is 10.0 Å². The van der Waals surface area contributed by atoms with Crippen molar-refractivity contribution in [1.29, 1.82) is 0 Å². The first-order chi connectivity index (χ1) is 14.9. The van der Waals surface area contributed by atoms with Crippen molar-refractivity contribution >= 4 is 38.2 Å². The second-order valence-electron chi connectivity index (χ2n) is 8.10. The molecule has 1 aromatic carbocycles. The van der Waals surface area contributed by atoms with Gasteiger partial charge in [0.05, 0.1) is 15.9 Å². The maximum Gasteiger partial charge on any atom is 0.268 e. The van der Waals surface area contributed by atoms with Crippen LogP contribution in [0.3, 0.4) is 0 Å². The summed E-state index contributed by atoms with van der Waals surface area (Å²) in [6.07, 6.45) is 7.76. The third-order valence-electron chi connectivity index (χ3n) is 6.06. The molecule has 4 heterocycles. The Morgan fingerprint density at radius 1 is 1.03 bits per heavy atom. The first-order valence-corrected chi connectivity index (χ1v) is 11.9. The van der Waals surface area contributed by atoms with Crippen molar-refractivity contribution in [3.05, 3.63) is 60.4 Å². The van der Waals surface area contributed by atoms with Gasteiger partial charge in [0, 0.05) is 49.7 Å². The molecule has 5 rings (SSSR count). The summed E-state index contributed by atoms with van der Waals surface area (Å²) < 4.78 is 28.4. The van der Waals surface area contributed by atoms with Gasteiger partial charge < -0.3 is 9.80 Å². The molecule has 0 atom stereocenters. The van der Waals surface area contributed by atoms with Gasteiger partial charge in [0.2, 0.25) is 5.91 Å². The van der Waals surface area contributed by atoms with Gasteiger partial charge in [-0.2, -0.15) is 0 Å². The molecule has 0 N–H and O–H groups in total. The van der Waals surface area contributed by atoms with Crippen molar-refractivity contribution in [1.82, 2.24) is 13.9 Å². The fraction of sp³-hybridized carbons (Fsp3) is 0.304. The summed E-state index contributed by atoms with van der Waals surface area (Å²) in [5.74, 6) is 0.0779. The molecule has 0 bridgehead atoms. The molecule has 0 unspecified atom stereocenters. The van der Waals surface area contributed by atoms with Gasteiger partial charge in [-0.25, -0.2) is 12.4 Å². The summed E-state index contributed by atoms with van der Waals surface area (Å²) in [5, 5.41) is 0. The minimum Gasteiger partial charge on any atom is -0.312 e. The number of fused-ring (bicyclic) bond motifs is 1. The molecule has 2 aliphatic rings. The average molecular weight is 437 g/mol. The molecule has 1 saturated heterocycles. The van der Waals surface area contributed by atoms with Gasteiger partial charge >= 0.3 is 0 Å². The van der Waals surface area contributed by atoms with E-state index in [0.29, 0.717) is 24.0 Å². The number of hydrogen-bond donors (Lipinski definition) is 0. The van der Waals surface area contributed by atoms with Crippen molar-refractivity contribution in [2.24, 2.45) is 0 Å². The Morgan fingerprint density at radius 3 is 2.52 bits per heavy atom. The number of rotatable bonds is 4. The highest BCUT2D eigenvalue weighted by Crippen LogP contribution is 2.32. The van der Waals surface area contributed by atoms with Crippen molar-refractivity contribution < 1.29 is 13.2 Å². The molecule has 0 radical (unpaired) electrons. The zero-order valence-corrected chi connectivity index (χ0v) is 18.2. The van der Waals surface area contributed by atoms with Gasteiger partial charge in [0.15, 0.2) is 0 Å². The number of carbonyl (C=O) groups is 1. The van der Waals surface area contributed by atoms with E-state index in [2.05, 4.69) is 23.0 Å². The molecule has 7 nitrogen and oxygen atoms in total. The molecule has 1 amide bonds. The molecule has 3 aromatic rings.